The largest absolute Gasteiger partial charge is 0.368 e. The summed E-state index contributed by atoms with van der Waals surface area (Å²) < 4.78 is 0.901. The summed E-state index contributed by atoms with van der Waals surface area (Å²) in [4.78, 5) is 47.4. The highest BCUT2D eigenvalue weighted by Gasteiger charge is 2.35. The minimum atomic E-state index is -0.784. The van der Waals surface area contributed by atoms with Crippen LogP contribution in [0.4, 0.5) is 4.79 Å². The van der Waals surface area contributed by atoms with Gasteiger partial charge in [-0.3, -0.25) is 14.6 Å². The van der Waals surface area contributed by atoms with Crippen molar-refractivity contribution in [3.05, 3.63) is 29.3 Å². The molecule has 30 heavy (non-hydrogen) atoms. The number of para-hydroxylation sites is 1. The topological polar surface area (TPSA) is 156 Å². The van der Waals surface area contributed by atoms with Crippen LogP contribution in [0.25, 0.3) is 10.2 Å². The molecule has 0 bridgehead atoms. The Balaban J connectivity index is 1.75. The number of hydrogen-bond donors (Lipinski definition) is 4. The van der Waals surface area contributed by atoms with Gasteiger partial charge in [0.15, 0.2) is 5.01 Å². The maximum absolute atomic E-state index is 13.2. The number of nitrogens with zero attached hydrogens (tertiary/aromatic N) is 3. The molecule has 6 N–H and O–H groups in total. The van der Waals surface area contributed by atoms with Crippen LogP contribution in [0.2, 0.25) is 0 Å². The molecule has 11 heteroatoms. The molecular weight excluding hydrogens is 406 g/mol. The molecule has 1 fully saturated rings. The monoisotopic (exact) mass is 431 g/mol. The number of nitrogens with two attached hydrogens (primary N) is 2. The molecule has 2 heterocycles. The van der Waals surface area contributed by atoms with Crippen LogP contribution in [0.5, 0.6) is 0 Å². The number of rotatable bonds is 9. The van der Waals surface area contributed by atoms with Crippen molar-refractivity contribution in [1.29, 1.82) is 0 Å². The first-order valence-corrected chi connectivity index (χ1v) is 10.5. The van der Waals surface area contributed by atoms with Crippen LogP contribution in [0.1, 0.15) is 35.5 Å². The average Bonchev–Trinajstić information content (AvgIpc) is 3.39. The van der Waals surface area contributed by atoms with Gasteiger partial charge in [0, 0.05) is 13.1 Å². The number of urea groups is 1. The Labute approximate surface area is 177 Å². The zero-order valence-corrected chi connectivity index (χ0v) is 17.2. The van der Waals surface area contributed by atoms with Gasteiger partial charge in [0.1, 0.15) is 6.04 Å². The Hall–Kier alpha value is -3.05. The van der Waals surface area contributed by atoms with Gasteiger partial charge in [0.05, 0.1) is 22.6 Å². The van der Waals surface area contributed by atoms with Crippen LogP contribution < -0.4 is 22.3 Å². The summed E-state index contributed by atoms with van der Waals surface area (Å²) in [6.07, 6.45) is 3.51. The predicted octanol–water partition coefficient (Wildman–Crippen LogP) is 0.779. The van der Waals surface area contributed by atoms with Crippen molar-refractivity contribution in [2.24, 2.45) is 16.6 Å². The molecule has 10 nitrogen and oxygen atoms in total. The third-order valence-electron chi connectivity index (χ3n) is 4.91. The first kappa shape index (κ1) is 21.7. The molecule has 3 amide bonds. The Morgan fingerprint density at radius 2 is 2.17 bits per heavy atom. The van der Waals surface area contributed by atoms with Crippen LogP contribution in [0.3, 0.4) is 0 Å². The van der Waals surface area contributed by atoms with Gasteiger partial charge in [-0.25, -0.2) is 15.6 Å². The number of primary amides is 1. The number of hydrazine groups is 1. The number of ketones is 1. The van der Waals surface area contributed by atoms with Crippen LogP contribution >= 0.6 is 11.3 Å². The molecule has 0 aliphatic carbocycles. The maximum Gasteiger partial charge on any atom is 0.318 e. The Bertz CT molecular complexity index is 912. The molecule has 160 valence electrons. The van der Waals surface area contributed by atoms with Crippen molar-refractivity contribution in [1.82, 2.24) is 20.6 Å². The highest BCUT2D eigenvalue weighted by Crippen LogP contribution is 2.24. The molecule has 0 saturated carbocycles. The van der Waals surface area contributed by atoms with E-state index in [0.29, 0.717) is 43.8 Å². The Kier molecular flexibility index (Phi) is 7.31. The van der Waals surface area contributed by atoms with E-state index in [0.717, 1.165) is 10.2 Å². The molecule has 1 aliphatic heterocycles. The van der Waals surface area contributed by atoms with Crippen molar-refractivity contribution in [2.45, 2.75) is 37.8 Å². The standard InChI is InChI=1S/C19H25N7O3S/c20-17(28)14-7-4-10-26(14)19(29)25-13(6-3-9-22-11-23-21)16(27)18-24-12-5-1-2-8-15(12)30-18/h1-2,5,8,11,13-14H,3-4,6-7,9-10,21H2,(H2,20,28)(H,22,23)(H,25,29)/t13?,14-/m0/s1. The number of benzene rings is 1. The summed E-state index contributed by atoms with van der Waals surface area (Å²) in [6, 6.07) is 5.57. The van der Waals surface area contributed by atoms with Crippen molar-refractivity contribution in [3.8, 4) is 0 Å². The summed E-state index contributed by atoms with van der Waals surface area (Å²) in [5, 5.41) is 3.12. The molecule has 1 aromatic carbocycles. The lowest BCUT2D eigenvalue weighted by Crippen LogP contribution is -2.52. The van der Waals surface area contributed by atoms with Gasteiger partial charge in [-0.2, -0.15) is 0 Å². The molecule has 2 aromatic rings. The number of carbonyl (C=O) groups excluding carboxylic acids is 3. The van der Waals surface area contributed by atoms with Gasteiger partial charge in [-0.05, 0) is 37.8 Å². The second-order valence-electron chi connectivity index (χ2n) is 6.95. The average molecular weight is 432 g/mol. The fourth-order valence-corrected chi connectivity index (χ4v) is 4.40. The van der Waals surface area contributed by atoms with E-state index in [4.69, 9.17) is 11.6 Å². The van der Waals surface area contributed by atoms with E-state index in [1.165, 1.54) is 22.6 Å². The SMILES string of the molecule is NNC=NCCCC(NC(=O)N1CCC[C@H]1C(N)=O)C(=O)c1nc2ccccc2s1. The number of thiazole rings is 1. The minimum absolute atomic E-state index is 0.264. The molecule has 0 radical (unpaired) electrons. The Morgan fingerprint density at radius 1 is 1.37 bits per heavy atom. The molecule has 1 aromatic heterocycles. The quantitative estimate of drug-likeness (QED) is 0.115. The van der Waals surface area contributed by atoms with Crippen LogP contribution in [-0.4, -0.2) is 59.1 Å². The first-order chi connectivity index (χ1) is 14.5. The van der Waals surface area contributed by atoms with E-state index in [2.05, 4.69) is 20.7 Å². The van der Waals surface area contributed by atoms with Gasteiger partial charge in [-0.15, -0.1) is 11.3 Å². The number of nitrogens with one attached hydrogen (secondary N) is 2. The second-order valence-corrected chi connectivity index (χ2v) is 7.98. The zero-order chi connectivity index (χ0) is 21.5. The number of carbonyl (C=O) groups is 3. The Morgan fingerprint density at radius 3 is 2.90 bits per heavy atom. The number of aromatic nitrogens is 1. The van der Waals surface area contributed by atoms with Gasteiger partial charge in [-0.1, -0.05) is 12.1 Å². The predicted molar refractivity (Wildman–Crippen MR) is 115 cm³/mol. The lowest BCUT2D eigenvalue weighted by molar-refractivity contribution is -0.121. The van der Waals surface area contributed by atoms with E-state index in [9.17, 15) is 14.4 Å². The minimum Gasteiger partial charge on any atom is -0.368 e. The summed E-state index contributed by atoms with van der Waals surface area (Å²) in [7, 11) is 0. The smallest absolute Gasteiger partial charge is 0.318 e. The molecule has 3 rings (SSSR count). The molecule has 1 saturated heterocycles. The summed E-state index contributed by atoms with van der Waals surface area (Å²) in [5.41, 5.74) is 8.47. The molecule has 1 aliphatic rings. The van der Waals surface area contributed by atoms with Gasteiger partial charge in [0.25, 0.3) is 0 Å². The number of amides is 3. The fourth-order valence-electron chi connectivity index (χ4n) is 3.44. The number of Topliss-reactive ketones (excluding diaryl/α,β-unsaturated/α-hetero) is 1. The van der Waals surface area contributed by atoms with Gasteiger partial charge in [0.2, 0.25) is 11.7 Å². The fraction of sp³-hybridized carbons (Fsp3) is 0.421. The first-order valence-electron chi connectivity index (χ1n) is 9.72. The number of aliphatic imine (C=N–C) groups is 1. The summed E-state index contributed by atoms with van der Waals surface area (Å²) in [5.74, 6) is 4.34. The van der Waals surface area contributed by atoms with Gasteiger partial charge >= 0.3 is 6.03 Å². The highest BCUT2D eigenvalue weighted by molar-refractivity contribution is 7.20. The van der Waals surface area contributed by atoms with E-state index in [1.54, 1.807) is 0 Å². The van der Waals surface area contributed by atoms with Crippen molar-refractivity contribution in [3.63, 3.8) is 0 Å². The molecule has 1 unspecified atom stereocenters. The third-order valence-corrected chi connectivity index (χ3v) is 5.96. The number of hydrogen-bond acceptors (Lipinski definition) is 7. The molecule has 0 spiro atoms. The summed E-state index contributed by atoms with van der Waals surface area (Å²) in [6.45, 7) is 0.866. The van der Waals surface area contributed by atoms with Crippen molar-refractivity contribution in [2.75, 3.05) is 13.1 Å². The van der Waals surface area contributed by atoms with E-state index in [-0.39, 0.29) is 5.78 Å². The molecular formula is C19H25N7O3S. The van der Waals surface area contributed by atoms with E-state index < -0.39 is 24.0 Å². The zero-order valence-electron chi connectivity index (χ0n) is 16.4. The summed E-state index contributed by atoms with van der Waals surface area (Å²) >= 11 is 1.29. The lowest BCUT2D eigenvalue weighted by atomic mass is 10.1. The van der Waals surface area contributed by atoms with Crippen LogP contribution in [-0.2, 0) is 4.79 Å². The van der Waals surface area contributed by atoms with Crippen LogP contribution in [0, 0.1) is 0 Å². The van der Waals surface area contributed by atoms with Crippen molar-refractivity contribution >= 4 is 45.6 Å². The lowest BCUT2D eigenvalue weighted by Gasteiger charge is -2.25. The normalized spacial score (nSPS) is 17.4. The van der Waals surface area contributed by atoms with Crippen LogP contribution in [0.15, 0.2) is 29.3 Å². The highest BCUT2D eigenvalue weighted by atomic mass is 32.1. The third kappa shape index (κ3) is 5.10. The maximum atomic E-state index is 13.2. The van der Waals surface area contributed by atoms with E-state index >= 15 is 0 Å². The second kappa shape index (κ2) is 10.1. The number of likely N-dealkylation sites (tertiary alicyclic amines) is 1. The number of fused-ring (bicyclic) bond motifs is 1. The van der Waals surface area contributed by atoms with Crippen molar-refractivity contribution < 1.29 is 14.4 Å². The van der Waals surface area contributed by atoms with E-state index in [1.807, 2.05) is 24.3 Å². The van der Waals surface area contributed by atoms with Gasteiger partial charge < -0.3 is 21.4 Å². The molecule has 2 atom stereocenters.